The van der Waals surface area contributed by atoms with Gasteiger partial charge in [-0.2, -0.15) is 13.2 Å². The van der Waals surface area contributed by atoms with E-state index >= 15 is 0 Å². The van der Waals surface area contributed by atoms with Crippen molar-refractivity contribution < 1.29 is 13.2 Å². The van der Waals surface area contributed by atoms with Crippen molar-refractivity contribution in [1.29, 1.82) is 0 Å². The van der Waals surface area contributed by atoms with Gasteiger partial charge in [0.25, 0.3) is 0 Å². The van der Waals surface area contributed by atoms with E-state index in [1.54, 1.807) is 0 Å². The van der Waals surface area contributed by atoms with Gasteiger partial charge < -0.3 is 5.73 Å². The predicted octanol–water partition coefficient (Wildman–Crippen LogP) is 4.40. The molecule has 0 heterocycles. The second-order valence-electron chi connectivity index (χ2n) is 6.40. The van der Waals surface area contributed by atoms with Gasteiger partial charge in [0.05, 0.1) is 5.56 Å². The summed E-state index contributed by atoms with van der Waals surface area (Å²) in [5.41, 5.74) is 5.31. The minimum atomic E-state index is -4.37. The second kappa shape index (κ2) is 7.16. The summed E-state index contributed by atoms with van der Waals surface area (Å²) in [5, 5.41) is 0. The highest BCUT2D eigenvalue weighted by Crippen LogP contribution is 2.34. The SMILES string of the molecule is CC(C)CN(Cc1ccc(N)cc1C(F)(F)F)CC(C)C. The summed E-state index contributed by atoms with van der Waals surface area (Å²) in [7, 11) is 0. The Bertz CT molecular complexity index is 443. The lowest BCUT2D eigenvalue weighted by atomic mass is 10.0. The van der Waals surface area contributed by atoms with Gasteiger partial charge >= 0.3 is 6.18 Å². The van der Waals surface area contributed by atoms with Crippen LogP contribution < -0.4 is 5.73 Å². The first-order chi connectivity index (χ1) is 9.59. The van der Waals surface area contributed by atoms with Gasteiger partial charge in [0.2, 0.25) is 0 Å². The zero-order chi connectivity index (χ0) is 16.2. The molecule has 0 saturated heterocycles. The number of benzene rings is 1. The van der Waals surface area contributed by atoms with E-state index in [1.165, 1.54) is 12.1 Å². The lowest BCUT2D eigenvalue weighted by Gasteiger charge is -2.27. The molecule has 0 aliphatic heterocycles. The molecule has 0 aliphatic carbocycles. The van der Waals surface area contributed by atoms with Crippen molar-refractivity contribution in [3.05, 3.63) is 29.3 Å². The number of nitrogens with two attached hydrogens (primary N) is 1. The molecule has 0 spiro atoms. The van der Waals surface area contributed by atoms with Crippen LogP contribution in [0.5, 0.6) is 0 Å². The van der Waals surface area contributed by atoms with Crippen molar-refractivity contribution in [1.82, 2.24) is 4.90 Å². The third-order valence-electron chi connectivity index (χ3n) is 3.08. The molecule has 0 unspecified atom stereocenters. The van der Waals surface area contributed by atoms with Crippen LogP contribution in [-0.2, 0) is 12.7 Å². The van der Waals surface area contributed by atoms with Crippen molar-refractivity contribution in [3.63, 3.8) is 0 Å². The Hall–Kier alpha value is -1.23. The first-order valence-corrected chi connectivity index (χ1v) is 7.27. The van der Waals surface area contributed by atoms with Crippen LogP contribution in [0, 0.1) is 11.8 Å². The third-order valence-corrected chi connectivity index (χ3v) is 3.08. The number of alkyl halides is 3. The van der Waals surface area contributed by atoms with Crippen LogP contribution in [0.15, 0.2) is 18.2 Å². The highest BCUT2D eigenvalue weighted by molar-refractivity contribution is 5.46. The second-order valence-corrected chi connectivity index (χ2v) is 6.40. The molecule has 1 aromatic carbocycles. The summed E-state index contributed by atoms with van der Waals surface area (Å²) in [6.07, 6.45) is -4.37. The molecular weight excluding hydrogens is 277 g/mol. The fourth-order valence-corrected chi connectivity index (χ4v) is 2.47. The number of anilines is 1. The van der Waals surface area contributed by atoms with Crippen LogP contribution in [0.25, 0.3) is 0 Å². The molecule has 21 heavy (non-hydrogen) atoms. The minimum Gasteiger partial charge on any atom is -0.399 e. The molecule has 2 nitrogen and oxygen atoms in total. The Morgan fingerprint density at radius 2 is 1.57 bits per heavy atom. The molecule has 0 fully saturated rings. The maximum absolute atomic E-state index is 13.1. The van der Waals surface area contributed by atoms with E-state index in [0.717, 1.165) is 19.2 Å². The van der Waals surface area contributed by atoms with Crippen LogP contribution >= 0.6 is 0 Å². The van der Waals surface area contributed by atoms with Gasteiger partial charge in [-0.1, -0.05) is 33.8 Å². The summed E-state index contributed by atoms with van der Waals surface area (Å²) < 4.78 is 39.4. The number of hydrogen-bond acceptors (Lipinski definition) is 2. The minimum absolute atomic E-state index is 0.144. The molecule has 0 aliphatic rings. The van der Waals surface area contributed by atoms with Crippen molar-refractivity contribution in [2.45, 2.75) is 40.4 Å². The summed E-state index contributed by atoms with van der Waals surface area (Å²) in [6, 6.07) is 4.05. The molecule has 5 heteroatoms. The molecular formula is C16H25F3N2. The predicted molar refractivity (Wildman–Crippen MR) is 80.8 cm³/mol. The molecule has 0 bridgehead atoms. The van der Waals surface area contributed by atoms with Gasteiger partial charge in [-0.15, -0.1) is 0 Å². The zero-order valence-electron chi connectivity index (χ0n) is 13.2. The third kappa shape index (κ3) is 5.96. The monoisotopic (exact) mass is 302 g/mol. The molecule has 0 saturated carbocycles. The van der Waals surface area contributed by atoms with Crippen LogP contribution in [0.4, 0.5) is 18.9 Å². The molecule has 1 rings (SSSR count). The van der Waals surface area contributed by atoms with E-state index < -0.39 is 11.7 Å². The van der Waals surface area contributed by atoms with E-state index in [1.807, 2.05) is 0 Å². The number of hydrogen-bond donors (Lipinski definition) is 1. The fraction of sp³-hybridized carbons (Fsp3) is 0.625. The number of nitrogens with zero attached hydrogens (tertiary/aromatic N) is 1. The fourth-order valence-electron chi connectivity index (χ4n) is 2.47. The molecule has 0 atom stereocenters. The Labute approximate surface area is 125 Å². The van der Waals surface area contributed by atoms with E-state index in [4.69, 9.17) is 5.73 Å². The average Bonchev–Trinajstić information content (AvgIpc) is 2.28. The van der Waals surface area contributed by atoms with Gasteiger partial charge in [0.15, 0.2) is 0 Å². The number of rotatable bonds is 6. The lowest BCUT2D eigenvalue weighted by molar-refractivity contribution is -0.138. The highest BCUT2D eigenvalue weighted by Gasteiger charge is 2.33. The Kier molecular flexibility index (Phi) is 6.08. The summed E-state index contributed by atoms with van der Waals surface area (Å²) in [4.78, 5) is 2.08. The average molecular weight is 302 g/mol. The molecule has 120 valence electrons. The Morgan fingerprint density at radius 1 is 1.05 bits per heavy atom. The van der Waals surface area contributed by atoms with Crippen molar-refractivity contribution in [2.24, 2.45) is 11.8 Å². The van der Waals surface area contributed by atoms with Crippen molar-refractivity contribution >= 4 is 5.69 Å². The Balaban J connectivity index is 3.02. The maximum atomic E-state index is 13.1. The quantitative estimate of drug-likeness (QED) is 0.789. The van der Waals surface area contributed by atoms with E-state index in [2.05, 4.69) is 32.6 Å². The van der Waals surface area contributed by atoms with E-state index in [0.29, 0.717) is 18.4 Å². The largest absolute Gasteiger partial charge is 0.416 e. The van der Waals surface area contributed by atoms with Crippen molar-refractivity contribution in [3.8, 4) is 0 Å². The highest BCUT2D eigenvalue weighted by atomic mass is 19.4. The molecule has 0 amide bonds. The Morgan fingerprint density at radius 3 is 2.00 bits per heavy atom. The molecule has 0 radical (unpaired) electrons. The van der Waals surface area contributed by atoms with Crippen LogP contribution in [0.3, 0.4) is 0 Å². The van der Waals surface area contributed by atoms with Gasteiger partial charge in [-0.05, 0) is 29.5 Å². The summed E-state index contributed by atoms with van der Waals surface area (Å²) in [6.45, 7) is 10.1. The lowest BCUT2D eigenvalue weighted by Crippen LogP contribution is -2.31. The standard InChI is InChI=1S/C16H25F3N2/c1-11(2)8-21(9-12(3)4)10-13-5-6-14(20)7-15(13)16(17,18)19/h5-7,11-12H,8-10,20H2,1-4H3. The van der Waals surface area contributed by atoms with Crippen molar-refractivity contribution in [2.75, 3.05) is 18.8 Å². The summed E-state index contributed by atoms with van der Waals surface area (Å²) in [5.74, 6) is 0.818. The van der Waals surface area contributed by atoms with Crippen LogP contribution in [0.2, 0.25) is 0 Å². The van der Waals surface area contributed by atoms with Gasteiger partial charge in [-0.25, -0.2) is 0 Å². The first kappa shape index (κ1) is 17.8. The maximum Gasteiger partial charge on any atom is 0.416 e. The molecule has 1 aromatic rings. The molecule has 2 N–H and O–H groups in total. The van der Waals surface area contributed by atoms with Gasteiger partial charge in [0, 0.05) is 25.3 Å². The van der Waals surface area contributed by atoms with Crippen LogP contribution in [0.1, 0.15) is 38.8 Å². The zero-order valence-corrected chi connectivity index (χ0v) is 13.2. The summed E-state index contributed by atoms with van der Waals surface area (Å²) >= 11 is 0. The van der Waals surface area contributed by atoms with Crippen LogP contribution in [-0.4, -0.2) is 18.0 Å². The van der Waals surface area contributed by atoms with Gasteiger partial charge in [0.1, 0.15) is 0 Å². The molecule has 0 aromatic heterocycles. The van der Waals surface area contributed by atoms with E-state index in [-0.39, 0.29) is 11.3 Å². The topological polar surface area (TPSA) is 29.3 Å². The van der Waals surface area contributed by atoms with E-state index in [9.17, 15) is 13.2 Å². The number of halogens is 3. The number of nitrogen functional groups attached to an aromatic ring is 1. The first-order valence-electron chi connectivity index (χ1n) is 7.27. The van der Waals surface area contributed by atoms with Gasteiger partial charge in [-0.3, -0.25) is 4.90 Å². The smallest absolute Gasteiger partial charge is 0.399 e. The normalized spacial score (nSPS) is 12.7.